The summed E-state index contributed by atoms with van der Waals surface area (Å²) in [4.78, 5) is 25.5. The summed E-state index contributed by atoms with van der Waals surface area (Å²) in [6.45, 7) is 0. The summed E-state index contributed by atoms with van der Waals surface area (Å²) in [5.74, 6) is -0.568. The maximum absolute atomic E-state index is 11.9. The van der Waals surface area contributed by atoms with Crippen LogP contribution in [-0.2, 0) is 11.2 Å². The van der Waals surface area contributed by atoms with E-state index in [1.165, 1.54) is 0 Å². The Morgan fingerprint density at radius 3 is 2.76 bits per heavy atom. The number of H-pyrrole nitrogens is 1. The van der Waals surface area contributed by atoms with Crippen molar-refractivity contribution in [1.29, 1.82) is 0 Å². The lowest BCUT2D eigenvalue weighted by atomic mass is 10.1. The number of amides is 1. The summed E-state index contributed by atoms with van der Waals surface area (Å²) in [5, 5.41) is 2.81. The Morgan fingerprint density at radius 1 is 1.14 bits per heavy atom. The first-order valence-electron chi connectivity index (χ1n) is 6.67. The van der Waals surface area contributed by atoms with Crippen molar-refractivity contribution in [2.75, 3.05) is 5.32 Å². The van der Waals surface area contributed by atoms with Crippen LogP contribution in [0.2, 0.25) is 0 Å². The number of hydrogen-bond acceptors (Lipinski definition) is 3. The molecule has 3 rings (SSSR count). The first-order valence-corrected chi connectivity index (χ1v) is 6.67. The molecule has 106 valence electrons. The number of aryl methyl sites for hydroxylation is 1. The van der Waals surface area contributed by atoms with Gasteiger partial charge in [-0.2, -0.15) is 0 Å². The molecule has 5 heteroatoms. The van der Waals surface area contributed by atoms with Crippen LogP contribution in [0.25, 0.3) is 11.1 Å². The molecule has 5 nitrogen and oxygen atoms in total. The average molecular weight is 282 g/mol. The summed E-state index contributed by atoms with van der Waals surface area (Å²) < 4.78 is 4.91. The topological polar surface area (TPSA) is 75.1 Å². The summed E-state index contributed by atoms with van der Waals surface area (Å²) in [5.41, 5.74) is 2.81. The highest BCUT2D eigenvalue weighted by molar-refractivity contribution is 5.92. The van der Waals surface area contributed by atoms with Gasteiger partial charge in [0.1, 0.15) is 0 Å². The number of carbonyl (C=O) groups is 1. The van der Waals surface area contributed by atoms with Gasteiger partial charge in [0.15, 0.2) is 5.58 Å². The van der Waals surface area contributed by atoms with Gasteiger partial charge >= 0.3 is 5.76 Å². The lowest BCUT2D eigenvalue weighted by Gasteiger charge is -2.05. The fourth-order valence-electron chi connectivity index (χ4n) is 2.16. The second-order valence-corrected chi connectivity index (χ2v) is 4.76. The quantitative estimate of drug-likeness (QED) is 0.772. The number of rotatable bonds is 4. The van der Waals surface area contributed by atoms with Crippen molar-refractivity contribution in [1.82, 2.24) is 4.98 Å². The number of hydrogen-bond donors (Lipinski definition) is 2. The fourth-order valence-corrected chi connectivity index (χ4v) is 2.16. The molecule has 1 heterocycles. The van der Waals surface area contributed by atoms with Crippen molar-refractivity contribution in [2.24, 2.45) is 0 Å². The van der Waals surface area contributed by atoms with Crippen molar-refractivity contribution >= 4 is 22.7 Å². The van der Waals surface area contributed by atoms with E-state index in [1.54, 1.807) is 18.2 Å². The molecule has 1 amide bonds. The smallest absolute Gasteiger partial charge is 0.408 e. The monoisotopic (exact) mass is 282 g/mol. The second kappa shape index (κ2) is 5.66. The number of nitrogens with one attached hydrogen (secondary N) is 2. The van der Waals surface area contributed by atoms with E-state index in [2.05, 4.69) is 10.3 Å². The Hall–Kier alpha value is -2.82. The molecule has 1 aromatic heterocycles. The van der Waals surface area contributed by atoms with E-state index in [-0.39, 0.29) is 5.91 Å². The zero-order chi connectivity index (χ0) is 14.7. The summed E-state index contributed by atoms with van der Waals surface area (Å²) in [6.07, 6.45) is 1.10. The summed E-state index contributed by atoms with van der Waals surface area (Å²) >= 11 is 0. The number of aromatic amines is 1. The van der Waals surface area contributed by atoms with Gasteiger partial charge in [-0.1, -0.05) is 30.3 Å². The van der Waals surface area contributed by atoms with E-state index in [4.69, 9.17) is 4.42 Å². The van der Waals surface area contributed by atoms with Crippen LogP contribution in [0.1, 0.15) is 12.0 Å². The molecule has 0 atom stereocenters. The minimum absolute atomic E-state index is 0.0657. The van der Waals surface area contributed by atoms with Crippen LogP contribution in [0.5, 0.6) is 0 Å². The van der Waals surface area contributed by atoms with Crippen LogP contribution in [0.3, 0.4) is 0 Å². The van der Waals surface area contributed by atoms with Crippen LogP contribution < -0.4 is 11.1 Å². The van der Waals surface area contributed by atoms with Gasteiger partial charge in [-0.15, -0.1) is 0 Å². The summed E-state index contributed by atoms with van der Waals surface area (Å²) in [6, 6.07) is 14.9. The van der Waals surface area contributed by atoms with Crippen molar-refractivity contribution in [3.8, 4) is 0 Å². The number of benzene rings is 2. The molecule has 3 aromatic rings. The molecule has 0 aliphatic rings. The molecule has 0 aliphatic carbocycles. The van der Waals surface area contributed by atoms with Crippen LogP contribution in [0, 0.1) is 0 Å². The van der Waals surface area contributed by atoms with Gasteiger partial charge in [0.2, 0.25) is 5.91 Å². The number of oxazole rings is 1. The Bertz CT molecular complexity index is 818. The molecule has 0 bridgehead atoms. The predicted molar refractivity (Wildman–Crippen MR) is 80.2 cm³/mol. The highest BCUT2D eigenvalue weighted by Crippen LogP contribution is 2.16. The highest BCUT2D eigenvalue weighted by Gasteiger charge is 2.06. The van der Waals surface area contributed by atoms with Crippen molar-refractivity contribution in [3.05, 3.63) is 64.6 Å². The SMILES string of the molecule is O=C(CCc1ccccc1)Nc1ccc2oc(=O)[nH]c2c1. The zero-order valence-electron chi connectivity index (χ0n) is 11.3. The largest absolute Gasteiger partial charge is 0.417 e. The second-order valence-electron chi connectivity index (χ2n) is 4.76. The number of aromatic nitrogens is 1. The molecule has 0 radical (unpaired) electrons. The standard InChI is InChI=1S/C16H14N2O3/c19-15(9-6-11-4-2-1-3-5-11)17-12-7-8-14-13(10-12)18-16(20)21-14/h1-5,7-8,10H,6,9H2,(H,17,19)(H,18,20). The van der Waals surface area contributed by atoms with E-state index in [0.717, 1.165) is 5.56 Å². The zero-order valence-corrected chi connectivity index (χ0v) is 11.3. The van der Waals surface area contributed by atoms with Crippen LogP contribution >= 0.6 is 0 Å². The van der Waals surface area contributed by atoms with E-state index < -0.39 is 5.76 Å². The molecule has 0 spiro atoms. The molecule has 21 heavy (non-hydrogen) atoms. The van der Waals surface area contributed by atoms with Gasteiger partial charge in [-0.25, -0.2) is 4.79 Å². The van der Waals surface area contributed by atoms with Gasteiger partial charge in [0.05, 0.1) is 5.52 Å². The maximum atomic E-state index is 11.9. The first kappa shape index (κ1) is 13.2. The van der Waals surface area contributed by atoms with Gasteiger partial charge in [0, 0.05) is 12.1 Å². The van der Waals surface area contributed by atoms with Crippen LogP contribution in [0.4, 0.5) is 5.69 Å². The summed E-state index contributed by atoms with van der Waals surface area (Å²) in [7, 11) is 0. The normalized spacial score (nSPS) is 10.7. The van der Waals surface area contributed by atoms with Gasteiger partial charge in [0.25, 0.3) is 0 Å². The van der Waals surface area contributed by atoms with Crippen molar-refractivity contribution < 1.29 is 9.21 Å². The van der Waals surface area contributed by atoms with Crippen molar-refractivity contribution in [2.45, 2.75) is 12.8 Å². The van der Waals surface area contributed by atoms with Gasteiger partial charge in [-0.3, -0.25) is 9.78 Å². The van der Waals surface area contributed by atoms with Gasteiger partial charge in [-0.05, 0) is 30.2 Å². The minimum Gasteiger partial charge on any atom is -0.408 e. The Kier molecular flexibility index (Phi) is 3.55. The Morgan fingerprint density at radius 2 is 1.95 bits per heavy atom. The van der Waals surface area contributed by atoms with E-state index in [9.17, 15) is 9.59 Å². The van der Waals surface area contributed by atoms with E-state index in [1.807, 2.05) is 30.3 Å². The van der Waals surface area contributed by atoms with Crippen molar-refractivity contribution in [3.63, 3.8) is 0 Å². The number of fused-ring (bicyclic) bond motifs is 1. The molecule has 0 unspecified atom stereocenters. The van der Waals surface area contributed by atoms with E-state index >= 15 is 0 Å². The molecule has 0 saturated heterocycles. The van der Waals surface area contributed by atoms with E-state index in [0.29, 0.717) is 29.6 Å². The molecule has 2 N–H and O–H groups in total. The molecule has 2 aromatic carbocycles. The lowest BCUT2D eigenvalue weighted by molar-refractivity contribution is -0.116. The molecule has 0 saturated carbocycles. The third kappa shape index (κ3) is 3.20. The molecular weight excluding hydrogens is 268 g/mol. The molecular formula is C16H14N2O3. The first-order chi connectivity index (χ1) is 10.2. The number of carbonyl (C=O) groups excluding carboxylic acids is 1. The maximum Gasteiger partial charge on any atom is 0.417 e. The molecule has 0 fully saturated rings. The minimum atomic E-state index is -0.502. The highest BCUT2D eigenvalue weighted by atomic mass is 16.4. The van der Waals surface area contributed by atoms with Crippen LogP contribution in [0.15, 0.2) is 57.7 Å². The lowest BCUT2D eigenvalue weighted by Crippen LogP contribution is -2.12. The Labute approximate surface area is 120 Å². The third-order valence-electron chi connectivity index (χ3n) is 3.19. The predicted octanol–water partition coefficient (Wildman–Crippen LogP) is 2.69. The number of anilines is 1. The third-order valence-corrected chi connectivity index (χ3v) is 3.19. The van der Waals surface area contributed by atoms with Crippen LogP contribution in [-0.4, -0.2) is 10.9 Å². The average Bonchev–Trinajstić information content (AvgIpc) is 2.85. The fraction of sp³-hybridized carbons (Fsp3) is 0.125. The Balaban J connectivity index is 1.64. The van der Waals surface area contributed by atoms with Gasteiger partial charge < -0.3 is 9.73 Å². The molecule has 0 aliphatic heterocycles.